The predicted octanol–water partition coefficient (Wildman–Crippen LogP) is 11.6. The number of Topliss-reactive ketones (excluding diaryl/α,β-unsaturated/α-hetero) is 4. The number of ether oxygens (including phenoxy) is 1. The summed E-state index contributed by atoms with van der Waals surface area (Å²) >= 11 is 0. The van der Waals surface area contributed by atoms with Gasteiger partial charge in [-0.3, -0.25) is 24.1 Å². The van der Waals surface area contributed by atoms with E-state index in [1.54, 1.807) is 53.0 Å². The number of anilines is 4. The predicted molar refractivity (Wildman–Crippen MR) is 400 cm³/mol. The Morgan fingerprint density at radius 2 is 0.882 bits per heavy atom. The third kappa shape index (κ3) is 16.0. The molecule has 102 heavy (non-hydrogen) atoms. The number of carbonyl (C=O) groups excluding carboxylic acids is 4. The van der Waals surface area contributed by atoms with Crippen LogP contribution in [-0.4, -0.2) is 183 Å². The van der Waals surface area contributed by atoms with Crippen molar-refractivity contribution in [3.63, 3.8) is 0 Å². The minimum Gasteiger partial charge on any atom is -0.379 e. The second-order valence-corrected chi connectivity index (χ2v) is 28.7. The first kappa shape index (κ1) is 69.9. The van der Waals surface area contributed by atoms with Crippen LogP contribution in [0.25, 0.3) is 44.5 Å². The Bertz CT molecular complexity index is 4380. The van der Waals surface area contributed by atoms with Gasteiger partial charge in [0.05, 0.1) is 36.0 Å². The molecular weight excluding hydrogens is 1280 g/mol. The van der Waals surface area contributed by atoms with Crippen LogP contribution >= 0.6 is 0 Å². The summed E-state index contributed by atoms with van der Waals surface area (Å²) in [6.45, 7) is 22.1. The van der Waals surface area contributed by atoms with Crippen molar-refractivity contribution in [1.82, 2.24) is 60.3 Å². The van der Waals surface area contributed by atoms with E-state index < -0.39 is 0 Å². The van der Waals surface area contributed by atoms with E-state index >= 15 is 0 Å². The van der Waals surface area contributed by atoms with Crippen LogP contribution < -0.4 is 31.5 Å². The second-order valence-electron chi connectivity index (χ2n) is 28.7. The minimum atomic E-state index is 0.0938. The summed E-state index contributed by atoms with van der Waals surface area (Å²) < 4.78 is 5.39. The maximum atomic E-state index is 11.8. The van der Waals surface area contributed by atoms with Crippen molar-refractivity contribution in [2.24, 2.45) is 5.92 Å². The third-order valence-corrected chi connectivity index (χ3v) is 21.9. The first-order valence-electron chi connectivity index (χ1n) is 37.2. The molecule has 5 N–H and O–H groups in total. The zero-order valence-corrected chi connectivity index (χ0v) is 59.6. The Morgan fingerprint density at radius 1 is 0.461 bits per heavy atom. The highest BCUT2D eigenvalue weighted by atomic mass is 16.5. The first-order chi connectivity index (χ1) is 49.9. The zero-order chi connectivity index (χ0) is 70.1. The monoisotopic (exact) mass is 1370 g/mol. The Hall–Kier alpha value is -9.12. The first-order valence-corrected chi connectivity index (χ1v) is 37.2. The summed E-state index contributed by atoms with van der Waals surface area (Å²) in [7, 11) is 0. The summed E-state index contributed by atoms with van der Waals surface area (Å²) in [5.41, 5.74) is 21.1. The number of hydrogen-bond acceptors (Lipinski definition) is 21. The van der Waals surface area contributed by atoms with Crippen molar-refractivity contribution >= 4 is 46.4 Å². The summed E-state index contributed by atoms with van der Waals surface area (Å²) in [5, 5.41) is 17.4. The molecule has 21 heteroatoms. The van der Waals surface area contributed by atoms with Crippen molar-refractivity contribution in [2.45, 2.75) is 136 Å². The van der Waals surface area contributed by atoms with Gasteiger partial charge in [0.2, 0.25) is 0 Å². The fourth-order valence-electron chi connectivity index (χ4n) is 16.3. The van der Waals surface area contributed by atoms with E-state index in [2.05, 4.69) is 82.2 Å². The van der Waals surface area contributed by atoms with E-state index in [1.807, 2.05) is 66.7 Å². The standard InChI is InChI=1S/C23H28N4O.C20H24N4O2.C20H24N4O.C18H20N4O/c1-16(28)17-5-6-20-18(13-17)14-21-22(20)23(25-15-24-21)27-11-7-19(8-12-27)26-9-3-2-4-10-26;1-14(25)15-3-4-17-16(11-15)12-18-19(17)20(23-13-22-18)21-5-2-6-24-7-9-26-10-8-24;1-13(25)15-2-3-17-16(10-15)11-18-19(17)20(24-12-23-18)22-9-6-14-4-7-21-8-5-14;1-11(23)12-2-3-15-13(8-12)9-16-17(15)18(21-10-20-16)22-14-4-6-19-7-5-14/h5-6,13,15,19H,2-4,7-12,14H2,1H3;3-4,11,13H,2,5-10,12H2,1H3,(H,21,22,23);2-3,10,12,14,21H,4-9,11H2,1H3,(H,22,23,24);2-3,8,10,14,19H,4-7,9H2,1H3,(H,20,21,22). The molecule has 0 amide bonds. The quantitative estimate of drug-likeness (QED) is 0.0420. The highest BCUT2D eigenvalue weighted by molar-refractivity contribution is 5.99. The van der Waals surface area contributed by atoms with Gasteiger partial charge in [-0.05, 0) is 212 Å². The number of ketones is 4. The number of piperidine rings is 4. The Kier molecular flexibility index (Phi) is 22.3. The second kappa shape index (κ2) is 32.5. The summed E-state index contributed by atoms with van der Waals surface area (Å²) in [5.74, 6) is 5.04. The lowest BCUT2D eigenvalue weighted by atomic mass is 9.95. The molecule has 0 spiro atoms. The van der Waals surface area contributed by atoms with Gasteiger partial charge in [0.25, 0.3) is 0 Å². The number of nitrogens with zero attached hydrogens (tertiary/aromatic N) is 11. The lowest BCUT2D eigenvalue weighted by molar-refractivity contribution is 0.0378. The molecule has 8 aromatic rings. The number of likely N-dealkylation sites (tertiary alicyclic amines) is 1. The summed E-state index contributed by atoms with van der Waals surface area (Å²) in [6, 6.07) is 25.0. The van der Waals surface area contributed by atoms with E-state index in [9.17, 15) is 19.2 Å². The van der Waals surface area contributed by atoms with Crippen molar-refractivity contribution in [2.75, 3.05) is 119 Å². The largest absolute Gasteiger partial charge is 0.379 e. The van der Waals surface area contributed by atoms with Crippen LogP contribution in [0.3, 0.4) is 0 Å². The molecule has 17 rings (SSSR count). The van der Waals surface area contributed by atoms with E-state index in [-0.39, 0.29) is 23.1 Å². The fraction of sp³-hybridized carbons (Fsp3) is 0.457. The maximum Gasteiger partial charge on any atom is 0.159 e. The van der Waals surface area contributed by atoms with Crippen LogP contribution in [0.4, 0.5) is 23.3 Å². The lowest BCUT2D eigenvalue weighted by Gasteiger charge is -2.40. The van der Waals surface area contributed by atoms with Gasteiger partial charge in [-0.15, -0.1) is 0 Å². The van der Waals surface area contributed by atoms with Gasteiger partial charge in [0.15, 0.2) is 23.1 Å². The Balaban J connectivity index is 0.000000116. The van der Waals surface area contributed by atoms with Crippen LogP contribution in [-0.2, 0) is 30.4 Å². The molecule has 0 radical (unpaired) electrons. The summed E-state index contributed by atoms with van der Waals surface area (Å²) in [6.07, 6.45) is 23.3. The van der Waals surface area contributed by atoms with Crippen LogP contribution in [0.15, 0.2) is 98.1 Å². The number of nitrogens with one attached hydrogen (secondary N) is 5. The Morgan fingerprint density at radius 3 is 1.36 bits per heavy atom. The Labute approximate surface area is 598 Å². The normalized spacial score (nSPS) is 17.4. The molecule has 0 unspecified atom stereocenters. The van der Waals surface area contributed by atoms with Crippen molar-refractivity contribution in [1.29, 1.82) is 0 Å². The van der Waals surface area contributed by atoms with Gasteiger partial charge in [0.1, 0.15) is 48.6 Å². The molecule has 5 fully saturated rings. The van der Waals surface area contributed by atoms with Crippen LogP contribution in [0, 0.1) is 5.92 Å². The number of fused-ring (bicyclic) bond motifs is 12. The molecule has 9 aliphatic rings. The molecule has 4 aromatic heterocycles. The van der Waals surface area contributed by atoms with E-state index in [0.29, 0.717) is 6.04 Å². The maximum absolute atomic E-state index is 11.8. The van der Waals surface area contributed by atoms with Gasteiger partial charge in [-0.25, -0.2) is 39.9 Å². The molecule has 4 aliphatic carbocycles. The van der Waals surface area contributed by atoms with E-state index in [4.69, 9.17) is 9.72 Å². The molecule has 0 bridgehead atoms. The molecule has 0 saturated carbocycles. The number of aromatic nitrogens is 8. The minimum absolute atomic E-state index is 0.0938. The van der Waals surface area contributed by atoms with E-state index in [1.165, 1.54) is 92.3 Å². The van der Waals surface area contributed by atoms with Crippen LogP contribution in [0.2, 0.25) is 0 Å². The smallest absolute Gasteiger partial charge is 0.159 e. The average molecular weight is 1370 g/mol. The SMILES string of the molecule is CC(=O)c1ccc2c(c1)Cc1ncnc(N3CCC(N4CCCCC4)CC3)c1-2.CC(=O)c1ccc2c(c1)Cc1ncnc(NC3CCNCC3)c1-2.CC(=O)c1ccc2c(c1)Cc1ncnc(NCCC3CCNCC3)c1-2.CC(=O)c1ccc2c(c1)Cc1ncnc(NCCCN3CCOCC3)c1-2. The molecule has 4 aromatic carbocycles. The summed E-state index contributed by atoms with van der Waals surface area (Å²) in [4.78, 5) is 90.3. The zero-order valence-electron chi connectivity index (χ0n) is 59.6. The molecule has 5 aliphatic heterocycles. The van der Waals surface area contributed by atoms with Gasteiger partial charge >= 0.3 is 0 Å². The van der Waals surface area contributed by atoms with Crippen molar-refractivity contribution in [3.05, 3.63) is 165 Å². The molecule has 530 valence electrons. The third-order valence-electron chi connectivity index (χ3n) is 21.9. The lowest BCUT2D eigenvalue weighted by Crippen LogP contribution is -2.47. The average Bonchev–Trinajstić information content (AvgIpc) is 1.62. The van der Waals surface area contributed by atoms with Crippen LogP contribution in [0.5, 0.6) is 0 Å². The van der Waals surface area contributed by atoms with Gasteiger partial charge < -0.3 is 41.1 Å². The molecule has 5 saturated heterocycles. The van der Waals surface area contributed by atoms with Gasteiger partial charge in [-0.1, -0.05) is 55.0 Å². The van der Waals surface area contributed by atoms with Crippen LogP contribution in [0.1, 0.15) is 185 Å². The highest BCUT2D eigenvalue weighted by Gasteiger charge is 2.33. The molecular formula is C81H96N16O5. The molecule has 0 atom stereocenters. The number of carbonyl (C=O) groups is 4. The van der Waals surface area contributed by atoms with Crippen molar-refractivity contribution < 1.29 is 23.9 Å². The molecule has 21 nitrogen and oxygen atoms in total. The van der Waals surface area contributed by atoms with E-state index in [0.717, 1.165) is 249 Å². The topological polar surface area (TPSA) is 250 Å². The van der Waals surface area contributed by atoms with Gasteiger partial charge in [0, 0.05) is 122 Å². The van der Waals surface area contributed by atoms with Crippen molar-refractivity contribution in [3.8, 4) is 44.5 Å². The number of benzene rings is 4. The van der Waals surface area contributed by atoms with Gasteiger partial charge in [-0.2, -0.15) is 0 Å². The molecule has 9 heterocycles. The number of rotatable bonds is 17. The highest BCUT2D eigenvalue weighted by Crippen LogP contribution is 2.45. The number of morpholine rings is 1. The number of hydrogen-bond donors (Lipinski definition) is 5. The fourth-order valence-corrected chi connectivity index (χ4v) is 16.3.